The Hall–Kier alpha value is -2.64. The van der Waals surface area contributed by atoms with Gasteiger partial charge in [-0.25, -0.2) is 13.6 Å². The van der Waals surface area contributed by atoms with E-state index in [9.17, 15) is 8.42 Å². The van der Waals surface area contributed by atoms with Crippen LogP contribution in [0.15, 0.2) is 65.6 Å². The molecule has 112 valence electrons. The lowest BCUT2D eigenvalue weighted by Crippen LogP contribution is -2.11. The Balaban J connectivity index is 1.78. The molecule has 3 rings (SSSR count). The summed E-state index contributed by atoms with van der Waals surface area (Å²) in [6, 6.07) is 17.9. The minimum atomic E-state index is -3.67. The number of hydrogen-bond acceptors (Lipinski definition) is 4. The molecule has 0 radical (unpaired) electrons. The van der Waals surface area contributed by atoms with E-state index in [2.05, 4.69) is 15.5 Å². The number of benzene rings is 2. The highest BCUT2D eigenvalue weighted by Gasteiger charge is 2.07. The SMILES string of the molecule is NS(=O)(=O)c1ccc(Nc2cc(-c3ccccc3)[nH]n2)cc1. The van der Waals surface area contributed by atoms with Gasteiger partial charge < -0.3 is 5.32 Å². The van der Waals surface area contributed by atoms with Crippen LogP contribution in [-0.2, 0) is 10.0 Å². The lowest BCUT2D eigenvalue weighted by molar-refractivity contribution is 0.598. The van der Waals surface area contributed by atoms with E-state index in [1.807, 2.05) is 36.4 Å². The number of H-pyrrole nitrogens is 1. The van der Waals surface area contributed by atoms with E-state index < -0.39 is 10.0 Å². The van der Waals surface area contributed by atoms with Crippen molar-refractivity contribution in [2.45, 2.75) is 4.90 Å². The predicted molar refractivity (Wildman–Crippen MR) is 85.1 cm³/mol. The van der Waals surface area contributed by atoms with Crippen molar-refractivity contribution < 1.29 is 8.42 Å². The first-order chi connectivity index (χ1) is 10.5. The average molecular weight is 314 g/mol. The van der Waals surface area contributed by atoms with Crippen molar-refractivity contribution >= 4 is 21.5 Å². The van der Waals surface area contributed by atoms with Gasteiger partial charge in [-0.15, -0.1) is 0 Å². The van der Waals surface area contributed by atoms with E-state index in [0.29, 0.717) is 5.82 Å². The second-order valence-corrected chi connectivity index (χ2v) is 6.29. The summed E-state index contributed by atoms with van der Waals surface area (Å²) in [5, 5.41) is 15.3. The van der Waals surface area contributed by atoms with Crippen molar-refractivity contribution in [2.24, 2.45) is 5.14 Å². The van der Waals surface area contributed by atoms with E-state index in [0.717, 1.165) is 16.9 Å². The van der Waals surface area contributed by atoms with Crippen molar-refractivity contribution in [2.75, 3.05) is 5.32 Å². The van der Waals surface area contributed by atoms with Crippen LogP contribution in [0.4, 0.5) is 11.5 Å². The topological polar surface area (TPSA) is 101 Å². The van der Waals surface area contributed by atoms with Crippen molar-refractivity contribution in [3.63, 3.8) is 0 Å². The van der Waals surface area contributed by atoms with Gasteiger partial charge in [0.25, 0.3) is 0 Å². The van der Waals surface area contributed by atoms with Gasteiger partial charge in [-0.2, -0.15) is 5.10 Å². The fourth-order valence-electron chi connectivity index (χ4n) is 2.03. The van der Waals surface area contributed by atoms with Crippen molar-refractivity contribution in [3.8, 4) is 11.3 Å². The Kier molecular flexibility index (Phi) is 3.66. The molecule has 0 aliphatic heterocycles. The van der Waals surface area contributed by atoms with Gasteiger partial charge in [0.15, 0.2) is 5.82 Å². The number of nitrogens with two attached hydrogens (primary N) is 1. The molecule has 0 saturated carbocycles. The standard InChI is InChI=1S/C15H14N4O2S/c16-22(20,21)13-8-6-12(7-9-13)17-15-10-14(18-19-15)11-4-2-1-3-5-11/h1-10H,(H2,16,20,21)(H2,17,18,19). The lowest BCUT2D eigenvalue weighted by atomic mass is 10.1. The van der Waals surface area contributed by atoms with Gasteiger partial charge in [-0.05, 0) is 29.8 Å². The van der Waals surface area contributed by atoms with Crippen molar-refractivity contribution in [3.05, 3.63) is 60.7 Å². The molecular formula is C15H14N4O2S. The fraction of sp³-hybridized carbons (Fsp3) is 0. The van der Waals surface area contributed by atoms with E-state index in [4.69, 9.17) is 5.14 Å². The summed E-state index contributed by atoms with van der Waals surface area (Å²) in [6.45, 7) is 0. The Morgan fingerprint density at radius 2 is 1.68 bits per heavy atom. The Morgan fingerprint density at radius 3 is 2.32 bits per heavy atom. The monoisotopic (exact) mass is 314 g/mol. The number of nitrogens with zero attached hydrogens (tertiary/aromatic N) is 1. The first-order valence-electron chi connectivity index (χ1n) is 6.53. The molecule has 0 unspecified atom stereocenters. The first kappa shape index (κ1) is 14.3. The summed E-state index contributed by atoms with van der Waals surface area (Å²) in [5.74, 6) is 0.641. The highest BCUT2D eigenvalue weighted by atomic mass is 32.2. The summed E-state index contributed by atoms with van der Waals surface area (Å²) >= 11 is 0. The molecule has 2 aromatic carbocycles. The smallest absolute Gasteiger partial charge is 0.238 e. The Bertz CT molecular complexity index is 871. The minimum absolute atomic E-state index is 0.0741. The van der Waals surface area contributed by atoms with Crippen LogP contribution in [0.25, 0.3) is 11.3 Å². The third-order valence-corrected chi connectivity index (χ3v) is 4.05. The van der Waals surface area contributed by atoms with Crippen LogP contribution >= 0.6 is 0 Å². The molecule has 3 aromatic rings. The summed E-state index contributed by atoms with van der Waals surface area (Å²) in [7, 11) is -3.67. The molecule has 0 spiro atoms. The highest BCUT2D eigenvalue weighted by molar-refractivity contribution is 7.89. The number of sulfonamides is 1. The maximum absolute atomic E-state index is 11.2. The second kappa shape index (κ2) is 5.63. The van der Waals surface area contributed by atoms with Gasteiger partial charge >= 0.3 is 0 Å². The van der Waals surface area contributed by atoms with Gasteiger partial charge in [-0.3, -0.25) is 5.10 Å². The molecule has 1 heterocycles. The normalized spacial score (nSPS) is 11.3. The zero-order valence-corrected chi connectivity index (χ0v) is 12.3. The zero-order chi connectivity index (χ0) is 15.6. The van der Waals surface area contributed by atoms with Gasteiger partial charge in [0.2, 0.25) is 10.0 Å². The summed E-state index contributed by atoms with van der Waals surface area (Å²) in [6.07, 6.45) is 0. The van der Waals surface area contributed by atoms with Crippen LogP contribution in [0, 0.1) is 0 Å². The number of anilines is 2. The van der Waals surface area contributed by atoms with Crippen molar-refractivity contribution in [1.82, 2.24) is 10.2 Å². The molecule has 1 aromatic heterocycles. The van der Waals surface area contributed by atoms with Crippen LogP contribution in [0.5, 0.6) is 0 Å². The molecule has 7 heteroatoms. The first-order valence-corrected chi connectivity index (χ1v) is 8.08. The van der Waals surface area contributed by atoms with Crippen LogP contribution in [0.3, 0.4) is 0 Å². The summed E-state index contributed by atoms with van der Waals surface area (Å²) < 4.78 is 22.4. The quantitative estimate of drug-likeness (QED) is 0.688. The molecule has 4 N–H and O–H groups in total. The van der Waals surface area contributed by atoms with Gasteiger partial charge in [0, 0.05) is 11.8 Å². The Labute approximate surface area is 128 Å². The van der Waals surface area contributed by atoms with Gasteiger partial charge in [0.05, 0.1) is 10.6 Å². The number of rotatable bonds is 4. The molecule has 0 saturated heterocycles. The largest absolute Gasteiger partial charge is 0.339 e. The third kappa shape index (κ3) is 3.16. The maximum Gasteiger partial charge on any atom is 0.238 e. The number of aromatic nitrogens is 2. The fourth-order valence-corrected chi connectivity index (χ4v) is 2.54. The molecule has 0 aliphatic rings. The van der Waals surface area contributed by atoms with E-state index in [-0.39, 0.29) is 4.90 Å². The van der Waals surface area contributed by atoms with E-state index in [1.54, 1.807) is 12.1 Å². The van der Waals surface area contributed by atoms with Crippen LogP contribution in [0.2, 0.25) is 0 Å². The average Bonchev–Trinajstić information content (AvgIpc) is 2.96. The highest BCUT2D eigenvalue weighted by Crippen LogP contribution is 2.22. The zero-order valence-electron chi connectivity index (χ0n) is 11.5. The summed E-state index contributed by atoms with van der Waals surface area (Å²) in [4.78, 5) is 0.0741. The summed E-state index contributed by atoms with van der Waals surface area (Å²) in [5.41, 5.74) is 2.65. The Morgan fingerprint density at radius 1 is 1.00 bits per heavy atom. The van der Waals surface area contributed by atoms with Gasteiger partial charge in [-0.1, -0.05) is 30.3 Å². The molecule has 0 atom stereocenters. The number of hydrogen-bond donors (Lipinski definition) is 3. The maximum atomic E-state index is 11.2. The number of nitrogens with one attached hydrogen (secondary N) is 2. The minimum Gasteiger partial charge on any atom is -0.339 e. The molecule has 6 nitrogen and oxygen atoms in total. The third-order valence-electron chi connectivity index (χ3n) is 3.12. The number of primary sulfonamides is 1. The lowest BCUT2D eigenvalue weighted by Gasteiger charge is -2.03. The van der Waals surface area contributed by atoms with Crippen LogP contribution in [0.1, 0.15) is 0 Å². The molecule has 0 amide bonds. The van der Waals surface area contributed by atoms with E-state index in [1.165, 1.54) is 12.1 Å². The molecule has 0 fully saturated rings. The van der Waals surface area contributed by atoms with Crippen molar-refractivity contribution in [1.29, 1.82) is 0 Å². The molecule has 22 heavy (non-hydrogen) atoms. The van der Waals surface area contributed by atoms with Crippen LogP contribution < -0.4 is 10.5 Å². The van der Waals surface area contributed by atoms with Gasteiger partial charge in [0.1, 0.15) is 0 Å². The molecule has 0 aliphatic carbocycles. The second-order valence-electron chi connectivity index (χ2n) is 4.73. The molecular weight excluding hydrogens is 300 g/mol. The number of aromatic amines is 1. The van der Waals surface area contributed by atoms with Crippen LogP contribution in [-0.4, -0.2) is 18.6 Å². The predicted octanol–water partition coefficient (Wildman–Crippen LogP) is 2.47. The van der Waals surface area contributed by atoms with E-state index >= 15 is 0 Å². The molecule has 0 bridgehead atoms.